The monoisotopic (exact) mass is 491 g/mol. The number of rotatable bonds is 5. The molecule has 0 saturated heterocycles. The van der Waals surface area contributed by atoms with Crippen molar-refractivity contribution in [3.8, 4) is 11.3 Å². The van der Waals surface area contributed by atoms with Crippen LogP contribution in [0.4, 0.5) is 5.13 Å². The fourth-order valence-electron chi connectivity index (χ4n) is 3.46. The number of aryl methyl sites for hydroxylation is 1. The number of thiazole rings is 1. The third-order valence-electron chi connectivity index (χ3n) is 5.08. The molecule has 7 heteroatoms. The molecule has 3 aromatic heterocycles. The fourth-order valence-corrected chi connectivity index (χ4v) is 4.44. The molecule has 1 amide bonds. The van der Waals surface area contributed by atoms with E-state index in [1.807, 2.05) is 40.3 Å². The summed E-state index contributed by atoms with van der Waals surface area (Å²) in [5.41, 5.74) is 6.26. The van der Waals surface area contributed by atoms with Crippen molar-refractivity contribution in [2.24, 2.45) is 0 Å². The summed E-state index contributed by atoms with van der Waals surface area (Å²) in [5.74, 6) is -0.213. The molecule has 3 heterocycles. The molecule has 0 fully saturated rings. The lowest BCUT2D eigenvalue weighted by Gasteiger charge is -2.10. The third-order valence-corrected chi connectivity index (χ3v) is 6.37. The van der Waals surface area contributed by atoms with Crippen molar-refractivity contribution < 1.29 is 9.21 Å². The lowest BCUT2D eigenvalue weighted by atomic mass is 10.1. The molecular weight excluding hydrogens is 474 g/mol. The highest BCUT2D eigenvalue weighted by Crippen LogP contribution is 2.28. The Labute approximate surface area is 191 Å². The standard InChI is InChI=1S/C24H18BrN3O2S/c1-15-2-4-16(5-3-15)13-28-20-10-11-30-22(20)12-21(28)23(29)27-24-26-19(14-31-24)17-6-8-18(25)9-7-17/h2-12,14H,13H2,1H3,(H,26,27,29). The predicted octanol–water partition coefficient (Wildman–Crippen LogP) is 6.73. The van der Waals surface area contributed by atoms with Gasteiger partial charge in [-0.05, 0) is 24.6 Å². The van der Waals surface area contributed by atoms with E-state index < -0.39 is 0 Å². The minimum Gasteiger partial charge on any atom is -0.463 e. The lowest BCUT2D eigenvalue weighted by Crippen LogP contribution is -2.17. The maximum Gasteiger partial charge on any atom is 0.274 e. The number of carbonyl (C=O) groups is 1. The van der Waals surface area contributed by atoms with E-state index in [9.17, 15) is 4.79 Å². The molecule has 0 unspecified atom stereocenters. The Kier molecular flexibility index (Phi) is 5.21. The van der Waals surface area contributed by atoms with Crippen molar-refractivity contribution in [1.29, 1.82) is 0 Å². The number of hydrogen-bond acceptors (Lipinski definition) is 4. The number of nitrogens with one attached hydrogen (secondary N) is 1. The van der Waals surface area contributed by atoms with E-state index in [2.05, 4.69) is 57.4 Å². The van der Waals surface area contributed by atoms with Crippen LogP contribution >= 0.6 is 27.3 Å². The number of fused-ring (bicyclic) bond motifs is 1. The van der Waals surface area contributed by atoms with Crippen LogP contribution in [0.15, 0.2) is 81.2 Å². The van der Waals surface area contributed by atoms with Gasteiger partial charge in [0.05, 0.1) is 17.5 Å². The van der Waals surface area contributed by atoms with Crippen LogP contribution in [0.1, 0.15) is 21.6 Å². The molecule has 31 heavy (non-hydrogen) atoms. The van der Waals surface area contributed by atoms with Gasteiger partial charge in [0.2, 0.25) is 0 Å². The number of benzene rings is 2. The summed E-state index contributed by atoms with van der Waals surface area (Å²) < 4.78 is 8.54. The SMILES string of the molecule is Cc1ccc(Cn2c(C(=O)Nc3nc(-c4ccc(Br)cc4)cs3)cc3occc32)cc1. The molecule has 0 atom stereocenters. The molecule has 0 aliphatic carbocycles. The Balaban J connectivity index is 1.42. The number of hydrogen-bond donors (Lipinski definition) is 1. The molecule has 2 aromatic carbocycles. The topological polar surface area (TPSA) is 60.1 Å². The van der Waals surface area contributed by atoms with Crippen LogP contribution < -0.4 is 5.32 Å². The first-order chi connectivity index (χ1) is 15.1. The molecule has 5 aromatic rings. The summed E-state index contributed by atoms with van der Waals surface area (Å²) in [6.45, 7) is 2.64. The van der Waals surface area contributed by atoms with E-state index in [4.69, 9.17) is 4.42 Å². The van der Waals surface area contributed by atoms with E-state index in [0.29, 0.717) is 23.0 Å². The molecule has 0 radical (unpaired) electrons. The average molecular weight is 492 g/mol. The highest BCUT2D eigenvalue weighted by atomic mass is 79.9. The summed E-state index contributed by atoms with van der Waals surface area (Å²) in [5, 5.41) is 5.44. The molecule has 5 nitrogen and oxygen atoms in total. The van der Waals surface area contributed by atoms with Crippen LogP contribution in [0.2, 0.25) is 0 Å². The number of halogens is 1. The first-order valence-corrected chi connectivity index (χ1v) is 11.4. The van der Waals surface area contributed by atoms with Gasteiger partial charge >= 0.3 is 0 Å². The molecule has 0 saturated carbocycles. The summed E-state index contributed by atoms with van der Waals surface area (Å²) in [6.07, 6.45) is 1.64. The highest BCUT2D eigenvalue weighted by molar-refractivity contribution is 9.10. The summed E-state index contributed by atoms with van der Waals surface area (Å²) in [6, 6.07) is 19.9. The minimum absolute atomic E-state index is 0.213. The Morgan fingerprint density at radius 1 is 1.13 bits per heavy atom. The number of carbonyl (C=O) groups excluding carboxylic acids is 1. The van der Waals surface area contributed by atoms with E-state index in [1.165, 1.54) is 16.9 Å². The molecule has 0 aliphatic heterocycles. The first-order valence-electron chi connectivity index (χ1n) is 9.72. The Morgan fingerprint density at radius 2 is 1.90 bits per heavy atom. The molecular formula is C24H18BrN3O2S. The molecule has 5 rings (SSSR count). The van der Waals surface area contributed by atoms with E-state index in [0.717, 1.165) is 26.8 Å². The minimum atomic E-state index is -0.213. The molecule has 0 spiro atoms. The molecule has 1 N–H and O–H groups in total. The number of anilines is 1. The number of amides is 1. The van der Waals surface area contributed by atoms with Crippen molar-refractivity contribution in [2.45, 2.75) is 13.5 Å². The van der Waals surface area contributed by atoms with Crippen molar-refractivity contribution in [1.82, 2.24) is 9.55 Å². The van der Waals surface area contributed by atoms with Gasteiger partial charge in [-0.2, -0.15) is 0 Å². The van der Waals surface area contributed by atoms with Gasteiger partial charge in [-0.3, -0.25) is 10.1 Å². The fraction of sp³-hybridized carbons (Fsp3) is 0.0833. The quantitative estimate of drug-likeness (QED) is 0.296. The number of nitrogens with zero attached hydrogens (tertiary/aromatic N) is 2. The normalized spacial score (nSPS) is 11.2. The van der Waals surface area contributed by atoms with Gasteiger partial charge in [0.15, 0.2) is 10.7 Å². The van der Waals surface area contributed by atoms with Crippen molar-refractivity contribution in [2.75, 3.05) is 5.32 Å². The Bertz CT molecular complexity index is 1360. The van der Waals surface area contributed by atoms with Gasteiger partial charge in [-0.1, -0.05) is 57.9 Å². The van der Waals surface area contributed by atoms with Gasteiger partial charge in [0, 0.05) is 34.1 Å². The van der Waals surface area contributed by atoms with E-state index in [-0.39, 0.29) is 5.91 Å². The second-order valence-corrected chi connectivity index (χ2v) is 9.04. The van der Waals surface area contributed by atoms with Crippen molar-refractivity contribution in [3.05, 3.63) is 93.6 Å². The van der Waals surface area contributed by atoms with Crippen LogP contribution in [0, 0.1) is 6.92 Å². The smallest absolute Gasteiger partial charge is 0.274 e. The van der Waals surface area contributed by atoms with Crippen LogP contribution in [-0.4, -0.2) is 15.5 Å². The molecule has 0 aliphatic rings. The van der Waals surface area contributed by atoms with Gasteiger partial charge in [-0.15, -0.1) is 11.3 Å². The maximum absolute atomic E-state index is 13.1. The predicted molar refractivity (Wildman–Crippen MR) is 128 cm³/mol. The number of furan rings is 1. The van der Waals surface area contributed by atoms with Crippen LogP contribution in [0.25, 0.3) is 22.4 Å². The van der Waals surface area contributed by atoms with Gasteiger partial charge < -0.3 is 8.98 Å². The van der Waals surface area contributed by atoms with E-state index in [1.54, 1.807) is 12.3 Å². The Morgan fingerprint density at radius 3 is 2.68 bits per heavy atom. The summed E-state index contributed by atoms with van der Waals surface area (Å²) in [4.78, 5) is 17.7. The second kappa shape index (κ2) is 8.17. The van der Waals surface area contributed by atoms with Gasteiger partial charge in [-0.25, -0.2) is 4.98 Å². The van der Waals surface area contributed by atoms with Crippen molar-refractivity contribution in [3.63, 3.8) is 0 Å². The van der Waals surface area contributed by atoms with Crippen LogP contribution in [0.5, 0.6) is 0 Å². The third kappa shape index (κ3) is 4.06. The highest BCUT2D eigenvalue weighted by Gasteiger charge is 2.19. The average Bonchev–Trinajstić information content (AvgIpc) is 3.48. The largest absolute Gasteiger partial charge is 0.463 e. The van der Waals surface area contributed by atoms with E-state index >= 15 is 0 Å². The Hall–Kier alpha value is -3.16. The van der Waals surface area contributed by atoms with Gasteiger partial charge in [0.1, 0.15) is 5.69 Å². The number of aromatic nitrogens is 2. The zero-order chi connectivity index (χ0) is 21.4. The van der Waals surface area contributed by atoms with Crippen molar-refractivity contribution >= 4 is 49.4 Å². The second-order valence-electron chi connectivity index (χ2n) is 7.27. The molecule has 154 valence electrons. The van der Waals surface area contributed by atoms with Crippen LogP contribution in [-0.2, 0) is 6.54 Å². The lowest BCUT2D eigenvalue weighted by molar-refractivity contribution is 0.101. The molecule has 0 bridgehead atoms. The summed E-state index contributed by atoms with van der Waals surface area (Å²) in [7, 11) is 0. The zero-order valence-electron chi connectivity index (χ0n) is 16.6. The summed E-state index contributed by atoms with van der Waals surface area (Å²) >= 11 is 4.85. The zero-order valence-corrected chi connectivity index (χ0v) is 19.0. The van der Waals surface area contributed by atoms with Gasteiger partial charge in [0.25, 0.3) is 5.91 Å². The first kappa shape index (κ1) is 19.8. The maximum atomic E-state index is 13.1. The van der Waals surface area contributed by atoms with Crippen LogP contribution in [0.3, 0.4) is 0 Å².